The van der Waals surface area contributed by atoms with E-state index in [0.717, 1.165) is 25.6 Å². The Bertz CT molecular complexity index is 548. The van der Waals surface area contributed by atoms with Crippen molar-refractivity contribution >= 4 is 33.2 Å². The zero-order valence-electron chi connectivity index (χ0n) is 9.11. The number of aliphatic carboxylic acids is 1. The first-order valence-electron chi connectivity index (χ1n) is 5.00. The molecule has 0 aliphatic rings. The Labute approximate surface area is 111 Å². The number of thiazole rings is 1. The molecule has 0 spiro atoms. The first-order valence-corrected chi connectivity index (χ1v) is 6.61. The van der Waals surface area contributed by atoms with E-state index in [4.69, 9.17) is 5.11 Å². The summed E-state index contributed by atoms with van der Waals surface area (Å²) in [4.78, 5) is 16.0. The molecule has 1 aromatic carbocycles. The predicted octanol–water partition coefficient (Wildman–Crippen LogP) is 3.51. The number of carboxylic acid groups (broad SMARTS) is 1. The minimum absolute atomic E-state index is 0.0247. The Morgan fingerprint density at radius 1 is 1.41 bits per heavy atom. The van der Waals surface area contributed by atoms with Gasteiger partial charge in [-0.15, -0.1) is 11.3 Å². The van der Waals surface area contributed by atoms with E-state index < -0.39 is 5.97 Å². The number of carbonyl (C=O) groups is 1. The van der Waals surface area contributed by atoms with Crippen LogP contribution in [-0.2, 0) is 11.2 Å². The normalized spacial score (nSPS) is 10.5. The van der Waals surface area contributed by atoms with E-state index in [-0.39, 0.29) is 6.42 Å². The van der Waals surface area contributed by atoms with Crippen molar-refractivity contribution < 1.29 is 9.90 Å². The van der Waals surface area contributed by atoms with Crippen molar-refractivity contribution in [2.45, 2.75) is 13.3 Å². The molecule has 0 radical (unpaired) electrons. The fraction of sp³-hybridized carbons (Fsp3) is 0.167. The number of aromatic nitrogens is 1. The molecule has 0 bridgehead atoms. The van der Waals surface area contributed by atoms with Crippen molar-refractivity contribution in [3.05, 3.63) is 38.6 Å². The lowest BCUT2D eigenvalue weighted by molar-refractivity contribution is -0.136. The average molecular weight is 312 g/mol. The van der Waals surface area contributed by atoms with Crippen molar-refractivity contribution in [1.29, 1.82) is 0 Å². The van der Waals surface area contributed by atoms with E-state index in [1.54, 1.807) is 0 Å². The third kappa shape index (κ3) is 2.92. The molecule has 0 aliphatic carbocycles. The maximum atomic E-state index is 10.8. The molecule has 0 atom stereocenters. The highest BCUT2D eigenvalue weighted by Crippen LogP contribution is 2.29. The fourth-order valence-corrected chi connectivity index (χ4v) is 2.77. The summed E-state index contributed by atoms with van der Waals surface area (Å²) in [5, 5.41) is 9.75. The molecule has 88 valence electrons. The second-order valence-electron chi connectivity index (χ2n) is 3.58. The largest absolute Gasteiger partial charge is 0.481 e. The van der Waals surface area contributed by atoms with Gasteiger partial charge in [0.25, 0.3) is 0 Å². The molecule has 0 fully saturated rings. The second-order valence-corrected chi connectivity index (χ2v) is 5.79. The lowest BCUT2D eigenvalue weighted by atomic mass is 10.1. The van der Waals surface area contributed by atoms with E-state index in [1.165, 1.54) is 11.3 Å². The number of nitrogens with zero attached hydrogens (tertiary/aromatic N) is 1. The molecule has 0 saturated carbocycles. The quantitative estimate of drug-likeness (QED) is 0.943. The van der Waals surface area contributed by atoms with Crippen LogP contribution >= 0.6 is 27.3 Å². The Hall–Kier alpha value is -1.20. The van der Waals surface area contributed by atoms with E-state index in [9.17, 15) is 4.79 Å². The third-order valence-corrected chi connectivity index (χ3v) is 3.73. The molecular formula is C12H10BrNO2S. The molecule has 1 heterocycles. The summed E-state index contributed by atoms with van der Waals surface area (Å²) in [5.41, 5.74) is 1.73. The van der Waals surface area contributed by atoms with Crippen molar-refractivity contribution in [3.63, 3.8) is 0 Å². The standard InChI is InChI=1S/C12H10BrNO2S/c1-7-14-12(10(17-7)6-11(15)16)8-2-4-9(13)5-3-8/h2-5H,6H2,1H3,(H,15,16). The van der Waals surface area contributed by atoms with Crippen molar-refractivity contribution in [3.8, 4) is 11.3 Å². The summed E-state index contributed by atoms with van der Waals surface area (Å²) in [6.07, 6.45) is 0.0247. The zero-order chi connectivity index (χ0) is 12.4. The Morgan fingerprint density at radius 3 is 2.65 bits per heavy atom. The van der Waals surface area contributed by atoms with Gasteiger partial charge in [-0.25, -0.2) is 4.98 Å². The van der Waals surface area contributed by atoms with E-state index >= 15 is 0 Å². The molecule has 17 heavy (non-hydrogen) atoms. The van der Waals surface area contributed by atoms with Gasteiger partial charge in [0.05, 0.1) is 17.1 Å². The van der Waals surface area contributed by atoms with Crippen LogP contribution in [0.15, 0.2) is 28.7 Å². The van der Waals surface area contributed by atoms with Gasteiger partial charge in [0.1, 0.15) is 0 Å². The van der Waals surface area contributed by atoms with Crippen LogP contribution in [0, 0.1) is 6.92 Å². The van der Waals surface area contributed by atoms with Crippen LogP contribution in [0.3, 0.4) is 0 Å². The van der Waals surface area contributed by atoms with Crippen LogP contribution in [0.2, 0.25) is 0 Å². The summed E-state index contributed by atoms with van der Waals surface area (Å²) < 4.78 is 0.994. The van der Waals surface area contributed by atoms with Crippen molar-refractivity contribution in [2.75, 3.05) is 0 Å². The number of halogens is 1. The molecule has 0 aliphatic heterocycles. The lowest BCUT2D eigenvalue weighted by Gasteiger charge is -2.00. The highest BCUT2D eigenvalue weighted by atomic mass is 79.9. The van der Waals surface area contributed by atoms with Gasteiger partial charge in [0.15, 0.2) is 0 Å². The van der Waals surface area contributed by atoms with Gasteiger partial charge >= 0.3 is 5.97 Å². The second kappa shape index (κ2) is 4.98. The monoisotopic (exact) mass is 311 g/mol. The first-order chi connectivity index (χ1) is 8.06. The highest BCUT2D eigenvalue weighted by molar-refractivity contribution is 9.10. The van der Waals surface area contributed by atoms with Gasteiger partial charge in [-0.05, 0) is 19.1 Å². The van der Waals surface area contributed by atoms with Gasteiger partial charge in [0, 0.05) is 14.9 Å². The van der Waals surface area contributed by atoms with Crippen LogP contribution in [0.1, 0.15) is 9.88 Å². The summed E-state index contributed by atoms with van der Waals surface area (Å²) >= 11 is 4.81. The van der Waals surface area contributed by atoms with Crippen LogP contribution in [0.4, 0.5) is 0 Å². The number of carboxylic acids is 1. The SMILES string of the molecule is Cc1nc(-c2ccc(Br)cc2)c(CC(=O)O)s1. The maximum Gasteiger partial charge on any atom is 0.308 e. The molecule has 1 aromatic heterocycles. The van der Waals surface area contributed by atoms with Crippen LogP contribution in [0.25, 0.3) is 11.3 Å². The van der Waals surface area contributed by atoms with E-state index in [1.807, 2.05) is 31.2 Å². The van der Waals surface area contributed by atoms with Crippen molar-refractivity contribution in [2.24, 2.45) is 0 Å². The molecule has 3 nitrogen and oxygen atoms in total. The fourth-order valence-electron chi connectivity index (χ4n) is 1.56. The van der Waals surface area contributed by atoms with E-state index in [0.29, 0.717) is 0 Å². The minimum Gasteiger partial charge on any atom is -0.481 e. The third-order valence-electron chi connectivity index (χ3n) is 2.23. The van der Waals surface area contributed by atoms with Crippen LogP contribution in [0.5, 0.6) is 0 Å². The van der Waals surface area contributed by atoms with E-state index in [2.05, 4.69) is 20.9 Å². The molecule has 0 saturated heterocycles. The highest BCUT2D eigenvalue weighted by Gasteiger charge is 2.13. The molecule has 5 heteroatoms. The van der Waals surface area contributed by atoms with Gasteiger partial charge in [0.2, 0.25) is 0 Å². The smallest absolute Gasteiger partial charge is 0.308 e. The predicted molar refractivity (Wildman–Crippen MR) is 71.3 cm³/mol. The van der Waals surface area contributed by atoms with Crippen LogP contribution < -0.4 is 0 Å². The number of rotatable bonds is 3. The van der Waals surface area contributed by atoms with Crippen LogP contribution in [-0.4, -0.2) is 16.1 Å². The number of aryl methyl sites for hydroxylation is 1. The molecule has 0 amide bonds. The maximum absolute atomic E-state index is 10.8. The molecule has 2 aromatic rings. The summed E-state index contributed by atoms with van der Waals surface area (Å²) in [7, 11) is 0. The Balaban J connectivity index is 2.43. The average Bonchev–Trinajstić information content (AvgIpc) is 2.59. The Kier molecular flexibility index (Phi) is 3.59. The summed E-state index contributed by atoms with van der Waals surface area (Å²) in [5.74, 6) is -0.827. The Morgan fingerprint density at radius 2 is 2.06 bits per heavy atom. The summed E-state index contributed by atoms with van der Waals surface area (Å²) in [6, 6.07) is 7.72. The minimum atomic E-state index is -0.827. The number of hydrogen-bond donors (Lipinski definition) is 1. The van der Waals surface area contributed by atoms with Crippen molar-refractivity contribution in [1.82, 2.24) is 4.98 Å². The van der Waals surface area contributed by atoms with Gasteiger partial charge in [-0.3, -0.25) is 4.79 Å². The van der Waals surface area contributed by atoms with Gasteiger partial charge < -0.3 is 5.11 Å². The topological polar surface area (TPSA) is 50.2 Å². The summed E-state index contributed by atoms with van der Waals surface area (Å²) in [6.45, 7) is 1.89. The molecule has 1 N–H and O–H groups in total. The number of hydrogen-bond acceptors (Lipinski definition) is 3. The zero-order valence-corrected chi connectivity index (χ0v) is 11.5. The lowest BCUT2D eigenvalue weighted by Crippen LogP contribution is -1.99. The molecule has 2 rings (SSSR count). The van der Waals surface area contributed by atoms with Gasteiger partial charge in [-0.1, -0.05) is 28.1 Å². The first kappa shape index (κ1) is 12.3. The molecular weight excluding hydrogens is 302 g/mol. The number of benzene rings is 1. The molecule has 0 unspecified atom stereocenters. The van der Waals surface area contributed by atoms with Gasteiger partial charge in [-0.2, -0.15) is 0 Å².